The lowest BCUT2D eigenvalue weighted by Gasteiger charge is -2.10. The monoisotopic (exact) mass is 546 g/mol. The van der Waals surface area contributed by atoms with Crippen molar-refractivity contribution in [1.29, 1.82) is 0 Å². The van der Waals surface area contributed by atoms with Crippen LogP contribution in [0.15, 0.2) is 120 Å². The van der Waals surface area contributed by atoms with E-state index in [1.54, 1.807) is 42.7 Å². The number of imidazole rings is 1. The van der Waals surface area contributed by atoms with Crippen molar-refractivity contribution in [3.05, 3.63) is 143 Å². The normalized spacial score (nSPS) is 10.9. The molecule has 40 heavy (non-hydrogen) atoms. The van der Waals surface area contributed by atoms with Gasteiger partial charge in [-0.25, -0.2) is 13.8 Å². The molecule has 5 nitrogen and oxygen atoms in total. The molecule has 7 aromatic rings. The minimum Gasteiger partial charge on any atom is -0.344 e. The van der Waals surface area contributed by atoms with Gasteiger partial charge in [-0.15, -0.1) is 0 Å². The zero-order valence-corrected chi connectivity index (χ0v) is 21.7. The molecule has 0 saturated carbocycles. The van der Waals surface area contributed by atoms with Crippen molar-refractivity contribution in [2.24, 2.45) is 0 Å². The number of benzene rings is 4. The van der Waals surface area contributed by atoms with E-state index < -0.39 is 0 Å². The predicted molar refractivity (Wildman–Crippen MR) is 159 cm³/mol. The van der Waals surface area contributed by atoms with Crippen molar-refractivity contribution in [3.63, 3.8) is 0 Å². The molecule has 0 radical (unpaired) electrons. The molecule has 0 aliphatic rings. The molecule has 1 N–H and O–H groups in total. The summed E-state index contributed by atoms with van der Waals surface area (Å²) in [6.07, 6.45) is 3.46. The number of aromatic nitrogens is 3. The fraction of sp³-hybridized carbons (Fsp3) is 0. The number of thiocarbonyl (C=S) groups is 1. The van der Waals surface area contributed by atoms with Gasteiger partial charge in [-0.3, -0.25) is 14.2 Å². The van der Waals surface area contributed by atoms with Gasteiger partial charge in [0.15, 0.2) is 5.43 Å². The second-order valence-electron chi connectivity index (χ2n) is 9.01. The van der Waals surface area contributed by atoms with Gasteiger partial charge < -0.3 is 5.32 Å². The summed E-state index contributed by atoms with van der Waals surface area (Å²) in [5, 5.41) is 4.85. The van der Waals surface area contributed by atoms with Gasteiger partial charge >= 0.3 is 0 Å². The van der Waals surface area contributed by atoms with Gasteiger partial charge in [-0.2, -0.15) is 0 Å². The number of nitrogens with zero attached hydrogens (tertiary/aromatic N) is 3. The van der Waals surface area contributed by atoms with Crippen LogP contribution >= 0.6 is 12.2 Å². The van der Waals surface area contributed by atoms with Gasteiger partial charge in [0.2, 0.25) is 0 Å². The molecule has 0 fully saturated rings. The summed E-state index contributed by atoms with van der Waals surface area (Å²) >= 11 is 5.35. The first-order valence-corrected chi connectivity index (χ1v) is 12.8. The van der Waals surface area contributed by atoms with Crippen molar-refractivity contribution < 1.29 is 8.78 Å². The van der Waals surface area contributed by atoms with Crippen LogP contribution in [0.1, 0.15) is 5.56 Å². The first-order chi connectivity index (χ1) is 19.5. The third-order valence-electron chi connectivity index (χ3n) is 6.44. The van der Waals surface area contributed by atoms with Crippen molar-refractivity contribution in [2.45, 2.75) is 0 Å². The van der Waals surface area contributed by atoms with Gasteiger partial charge in [-0.05, 0) is 72.8 Å². The van der Waals surface area contributed by atoms with Gasteiger partial charge in [0.1, 0.15) is 22.4 Å². The second kappa shape index (κ2) is 10.6. The Bertz CT molecular complexity index is 2040. The maximum absolute atomic E-state index is 13.0. The topological polar surface area (TPSA) is 59.3 Å². The van der Waals surface area contributed by atoms with Crippen LogP contribution in [0.25, 0.3) is 38.7 Å². The highest BCUT2D eigenvalue weighted by Gasteiger charge is 2.13. The quantitative estimate of drug-likeness (QED) is 0.237. The first-order valence-electron chi connectivity index (χ1n) is 12.4. The first kappa shape index (κ1) is 25.2. The molecule has 7 rings (SSSR count). The van der Waals surface area contributed by atoms with E-state index in [0.717, 1.165) is 38.8 Å². The lowest BCUT2D eigenvalue weighted by Crippen LogP contribution is -2.11. The number of para-hydroxylation sites is 2. The summed E-state index contributed by atoms with van der Waals surface area (Å²) < 4.78 is 27.8. The molecule has 0 aliphatic carbocycles. The number of anilines is 1. The second-order valence-corrected chi connectivity index (χ2v) is 9.42. The number of hydrogen-bond donors (Lipinski definition) is 1. The Kier molecular flexibility index (Phi) is 6.67. The Morgan fingerprint density at radius 3 is 2.27 bits per heavy atom. The fourth-order valence-corrected chi connectivity index (χ4v) is 4.77. The zero-order valence-electron chi connectivity index (χ0n) is 20.9. The highest BCUT2D eigenvalue weighted by Crippen LogP contribution is 2.26. The molecule has 4 aromatic carbocycles. The number of fused-ring (bicyclic) bond motifs is 1. The highest BCUT2D eigenvalue weighted by molar-refractivity contribution is 7.81. The lowest BCUT2D eigenvalue weighted by molar-refractivity contribution is 0.627. The predicted octanol–water partition coefficient (Wildman–Crippen LogP) is 7.25. The van der Waals surface area contributed by atoms with E-state index in [0.29, 0.717) is 16.2 Å². The molecule has 0 saturated heterocycles. The van der Waals surface area contributed by atoms with Crippen LogP contribution < -0.4 is 10.7 Å². The molecule has 0 atom stereocenters. The van der Waals surface area contributed by atoms with Gasteiger partial charge in [0.25, 0.3) is 0 Å². The molecule has 8 heteroatoms. The summed E-state index contributed by atoms with van der Waals surface area (Å²) in [6.45, 7) is 0. The van der Waals surface area contributed by atoms with Crippen LogP contribution in [0.2, 0.25) is 0 Å². The molecule has 0 amide bonds. The maximum Gasteiger partial charge on any atom is 0.189 e. The lowest BCUT2D eigenvalue weighted by atomic mass is 10.1. The number of halogens is 2. The summed E-state index contributed by atoms with van der Waals surface area (Å²) in [7, 11) is 0. The minimum atomic E-state index is -0.282. The molecular formula is C32H20F2N4OS. The van der Waals surface area contributed by atoms with Crippen LogP contribution in [0, 0.1) is 11.6 Å². The number of nitrogens with one attached hydrogen (secondary N) is 1. The Morgan fingerprint density at radius 2 is 1.50 bits per heavy atom. The molecule has 0 unspecified atom stereocenters. The third kappa shape index (κ3) is 4.88. The Morgan fingerprint density at radius 1 is 0.800 bits per heavy atom. The fourth-order valence-electron chi connectivity index (χ4n) is 4.53. The van der Waals surface area contributed by atoms with Crippen molar-refractivity contribution in [3.8, 4) is 11.4 Å². The number of rotatable bonds is 3. The van der Waals surface area contributed by atoms with Gasteiger partial charge in [0, 0.05) is 40.4 Å². The van der Waals surface area contributed by atoms with E-state index >= 15 is 0 Å². The molecule has 0 bridgehead atoms. The third-order valence-corrected chi connectivity index (χ3v) is 6.78. The zero-order chi connectivity index (χ0) is 27.6. The van der Waals surface area contributed by atoms with E-state index in [9.17, 15) is 13.6 Å². The smallest absolute Gasteiger partial charge is 0.189 e. The van der Waals surface area contributed by atoms with Crippen LogP contribution in [0.5, 0.6) is 0 Å². The summed E-state index contributed by atoms with van der Waals surface area (Å²) in [6, 6.07) is 29.0. The summed E-state index contributed by atoms with van der Waals surface area (Å²) in [4.78, 5) is 21.3. The standard InChI is InChI=1S/C16H9FN2O.C16H11FN2S/c17-11-6-4-10(5-7-11)16-18-13-3-1-2-12-14(20)8-9-19(16)15(12)13;17-13-8-6-12(7-9-13)16(20)19-14-5-1-3-11-4-2-10-18-15(11)14/h1-9H;1-10H,(H,19,20). The molecule has 3 heterocycles. The van der Waals surface area contributed by atoms with E-state index in [1.807, 2.05) is 46.9 Å². The van der Waals surface area contributed by atoms with Crippen LogP contribution in [0.4, 0.5) is 14.5 Å². The van der Waals surface area contributed by atoms with Crippen molar-refractivity contribution in [1.82, 2.24) is 14.4 Å². The van der Waals surface area contributed by atoms with Gasteiger partial charge in [0.05, 0.1) is 22.2 Å². The van der Waals surface area contributed by atoms with Crippen molar-refractivity contribution >= 4 is 50.2 Å². The van der Waals surface area contributed by atoms with E-state index in [4.69, 9.17) is 12.2 Å². The Labute approximate surface area is 232 Å². The average molecular weight is 547 g/mol. The number of hydrogen-bond acceptors (Lipinski definition) is 4. The van der Waals surface area contributed by atoms with Crippen LogP contribution in [-0.4, -0.2) is 19.4 Å². The van der Waals surface area contributed by atoms with Crippen molar-refractivity contribution in [2.75, 3.05) is 5.32 Å². The summed E-state index contributed by atoms with van der Waals surface area (Å²) in [5.74, 6) is 0.148. The molecular weight excluding hydrogens is 526 g/mol. The average Bonchev–Trinajstić information content (AvgIpc) is 3.36. The molecule has 0 spiro atoms. The maximum atomic E-state index is 13.0. The number of pyridine rings is 2. The molecule has 194 valence electrons. The largest absolute Gasteiger partial charge is 0.344 e. The Hall–Kier alpha value is -5.08. The van der Waals surface area contributed by atoms with E-state index in [2.05, 4.69) is 15.3 Å². The molecule has 0 aliphatic heterocycles. The van der Waals surface area contributed by atoms with E-state index in [1.165, 1.54) is 30.3 Å². The highest BCUT2D eigenvalue weighted by atomic mass is 32.1. The molecule has 3 aromatic heterocycles. The Balaban J connectivity index is 0.000000145. The van der Waals surface area contributed by atoms with Gasteiger partial charge in [-0.1, -0.05) is 36.5 Å². The van der Waals surface area contributed by atoms with E-state index in [-0.39, 0.29) is 17.1 Å². The van der Waals surface area contributed by atoms with Crippen LogP contribution in [-0.2, 0) is 0 Å². The summed E-state index contributed by atoms with van der Waals surface area (Å²) in [5.41, 5.74) is 4.84. The SMILES string of the molecule is Fc1ccc(C(=S)Nc2cccc3cccnc23)cc1.O=c1ccn2c(-c3ccc(F)cc3)nc3cccc1c32. The minimum absolute atomic E-state index is 0.0198. The van der Waals surface area contributed by atoms with Crippen LogP contribution in [0.3, 0.4) is 0 Å².